The maximum atomic E-state index is 13.8. The Labute approximate surface area is 250 Å². The fourth-order valence-electron chi connectivity index (χ4n) is 4.99. The maximum absolute atomic E-state index is 13.8. The Bertz CT molecular complexity index is 1470. The van der Waals surface area contributed by atoms with E-state index in [1.807, 2.05) is 30.3 Å². The van der Waals surface area contributed by atoms with Crippen molar-refractivity contribution in [1.29, 1.82) is 0 Å². The number of ether oxygens (including phenoxy) is 2. The average Bonchev–Trinajstić information content (AvgIpc) is 3.90. The largest absolute Gasteiger partial charge is 0.465 e. The minimum atomic E-state index is -0.912. The lowest BCUT2D eigenvalue weighted by Crippen LogP contribution is -2.56. The molecule has 1 saturated carbocycles. The molecule has 1 atom stereocenters. The van der Waals surface area contributed by atoms with Gasteiger partial charge in [0.2, 0.25) is 5.91 Å². The number of aromatic nitrogens is 2. The SMILES string of the molecule is CCOC(=O)N1CCN(C(=O)C(Cc2ccc(C(=O)OC)cc2)NC(=O)c2cc(C3CC3)nc(-c3ccccc3)n2)CC1. The van der Waals surface area contributed by atoms with E-state index >= 15 is 0 Å². The summed E-state index contributed by atoms with van der Waals surface area (Å²) in [5.74, 6) is -0.453. The van der Waals surface area contributed by atoms with Crippen LogP contribution in [0.15, 0.2) is 60.7 Å². The molecule has 11 heteroatoms. The van der Waals surface area contributed by atoms with Crippen molar-refractivity contribution in [3.63, 3.8) is 0 Å². The standard InChI is InChI=1S/C32H35N5O6/c1-3-43-32(41)37-17-15-36(16-18-37)30(39)27(19-21-9-11-24(12-10-21)31(40)42-2)35-29(38)26-20-25(22-13-14-22)33-28(34-26)23-7-5-4-6-8-23/h4-12,20,22,27H,3,13-19H2,1-2H3,(H,35,38). The minimum Gasteiger partial charge on any atom is -0.465 e. The number of amides is 3. The van der Waals surface area contributed by atoms with E-state index in [-0.39, 0.29) is 24.6 Å². The third-order valence-electron chi connectivity index (χ3n) is 7.54. The van der Waals surface area contributed by atoms with Gasteiger partial charge in [0.15, 0.2) is 5.82 Å². The Morgan fingerprint density at radius 2 is 1.60 bits per heavy atom. The van der Waals surface area contributed by atoms with Crippen LogP contribution >= 0.6 is 0 Å². The van der Waals surface area contributed by atoms with E-state index in [0.717, 1.165) is 29.7 Å². The van der Waals surface area contributed by atoms with Gasteiger partial charge < -0.3 is 24.6 Å². The quantitative estimate of drug-likeness (QED) is 0.378. The number of rotatable bonds is 9. The number of hydrogen-bond acceptors (Lipinski definition) is 8. The van der Waals surface area contributed by atoms with Gasteiger partial charge in [-0.05, 0) is 43.5 Å². The summed E-state index contributed by atoms with van der Waals surface area (Å²) in [5.41, 5.74) is 2.95. The second-order valence-electron chi connectivity index (χ2n) is 10.6. The van der Waals surface area contributed by atoms with Crippen molar-refractivity contribution in [2.75, 3.05) is 39.9 Å². The molecule has 3 aromatic rings. The molecule has 2 aliphatic rings. The summed E-state index contributed by atoms with van der Waals surface area (Å²) in [5, 5.41) is 2.93. The van der Waals surface area contributed by atoms with Crippen molar-refractivity contribution in [2.45, 2.75) is 38.1 Å². The van der Waals surface area contributed by atoms with Crippen LogP contribution in [0.25, 0.3) is 11.4 Å². The Morgan fingerprint density at radius 1 is 0.930 bits per heavy atom. The van der Waals surface area contributed by atoms with Crippen molar-refractivity contribution in [2.24, 2.45) is 0 Å². The van der Waals surface area contributed by atoms with Crippen molar-refractivity contribution < 1.29 is 28.7 Å². The van der Waals surface area contributed by atoms with Crippen molar-refractivity contribution in [3.05, 3.63) is 83.2 Å². The molecule has 0 bridgehead atoms. The van der Waals surface area contributed by atoms with Crippen LogP contribution in [0, 0.1) is 0 Å². The molecule has 1 saturated heterocycles. The lowest BCUT2D eigenvalue weighted by molar-refractivity contribution is -0.134. The molecular weight excluding hydrogens is 550 g/mol. The molecule has 5 rings (SSSR count). The summed E-state index contributed by atoms with van der Waals surface area (Å²) in [6, 6.07) is 17.0. The van der Waals surface area contributed by atoms with E-state index in [1.54, 1.807) is 47.1 Å². The van der Waals surface area contributed by atoms with Crippen LogP contribution < -0.4 is 5.32 Å². The summed E-state index contributed by atoms with van der Waals surface area (Å²) < 4.78 is 9.88. The van der Waals surface area contributed by atoms with Gasteiger partial charge in [-0.25, -0.2) is 19.6 Å². The molecule has 2 aromatic carbocycles. The van der Waals surface area contributed by atoms with Gasteiger partial charge >= 0.3 is 12.1 Å². The number of carbonyl (C=O) groups excluding carboxylic acids is 4. The summed E-state index contributed by atoms with van der Waals surface area (Å²) in [6.07, 6.45) is 1.80. The highest BCUT2D eigenvalue weighted by Crippen LogP contribution is 2.39. The number of piperazine rings is 1. The van der Waals surface area contributed by atoms with Crippen molar-refractivity contribution >= 4 is 23.9 Å². The number of nitrogens with zero attached hydrogens (tertiary/aromatic N) is 4. The zero-order valence-electron chi connectivity index (χ0n) is 24.3. The lowest BCUT2D eigenvalue weighted by Gasteiger charge is -2.36. The first-order chi connectivity index (χ1) is 20.9. The first kappa shape index (κ1) is 29.7. The maximum Gasteiger partial charge on any atom is 0.409 e. The van der Waals surface area contributed by atoms with E-state index < -0.39 is 24.0 Å². The molecule has 1 aliphatic heterocycles. The molecule has 2 fully saturated rings. The smallest absolute Gasteiger partial charge is 0.409 e. The highest BCUT2D eigenvalue weighted by Gasteiger charge is 2.32. The van der Waals surface area contributed by atoms with E-state index in [4.69, 9.17) is 14.5 Å². The Morgan fingerprint density at radius 3 is 2.23 bits per heavy atom. The van der Waals surface area contributed by atoms with E-state index in [2.05, 4.69) is 10.3 Å². The molecule has 224 valence electrons. The van der Waals surface area contributed by atoms with Crippen LogP contribution in [0.5, 0.6) is 0 Å². The summed E-state index contributed by atoms with van der Waals surface area (Å²) in [4.78, 5) is 64.1. The highest BCUT2D eigenvalue weighted by molar-refractivity contribution is 5.96. The molecule has 1 unspecified atom stereocenters. The molecule has 1 N–H and O–H groups in total. The van der Waals surface area contributed by atoms with Crippen LogP contribution in [-0.4, -0.2) is 89.6 Å². The fraction of sp³-hybridized carbons (Fsp3) is 0.375. The normalized spacial score (nSPS) is 15.4. The number of hydrogen-bond donors (Lipinski definition) is 1. The Hall–Kier alpha value is -4.80. The van der Waals surface area contributed by atoms with Gasteiger partial charge in [0.05, 0.1) is 19.3 Å². The monoisotopic (exact) mass is 585 g/mol. The number of carbonyl (C=O) groups is 4. The van der Waals surface area contributed by atoms with Gasteiger partial charge in [-0.15, -0.1) is 0 Å². The third kappa shape index (κ3) is 7.35. The van der Waals surface area contributed by atoms with Crippen LogP contribution in [0.3, 0.4) is 0 Å². The number of nitrogens with one attached hydrogen (secondary N) is 1. The number of esters is 1. The van der Waals surface area contributed by atoms with Crippen LogP contribution in [0.4, 0.5) is 4.79 Å². The van der Waals surface area contributed by atoms with E-state index in [1.165, 1.54) is 7.11 Å². The Balaban J connectivity index is 1.38. The fourth-order valence-corrected chi connectivity index (χ4v) is 4.99. The molecule has 0 spiro atoms. The highest BCUT2D eigenvalue weighted by atomic mass is 16.6. The second-order valence-corrected chi connectivity index (χ2v) is 10.6. The van der Waals surface area contributed by atoms with Gasteiger partial charge in [0.1, 0.15) is 11.7 Å². The Kier molecular flexibility index (Phi) is 9.29. The first-order valence-electron chi connectivity index (χ1n) is 14.5. The lowest BCUT2D eigenvalue weighted by atomic mass is 10.0. The molecule has 1 aliphatic carbocycles. The minimum absolute atomic E-state index is 0.191. The van der Waals surface area contributed by atoms with Crippen molar-refractivity contribution in [1.82, 2.24) is 25.1 Å². The average molecular weight is 586 g/mol. The molecule has 11 nitrogen and oxygen atoms in total. The second kappa shape index (κ2) is 13.5. The van der Waals surface area contributed by atoms with Gasteiger partial charge in [0.25, 0.3) is 5.91 Å². The zero-order valence-corrected chi connectivity index (χ0v) is 24.3. The predicted octanol–water partition coefficient (Wildman–Crippen LogP) is 3.45. The molecule has 1 aromatic heterocycles. The van der Waals surface area contributed by atoms with Crippen LogP contribution in [0.2, 0.25) is 0 Å². The summed E-state index contributed by atoms with van der Waals surface area (Å²) in [6.45, 7) is 3.30. The molecule has 43 heavy (non-hydrogen) atoms. The number of benzene rings is 2. The van der Waals surface area contributed by atoms with Gasteiger partial charge in [-0.2, -0.15) is 0 Å². The molecule has 3 amide bonds. The molecule has 2 heterocycles. The van der Waals surface area contributed by atoms with Gasteiger partial charge in [-0.3, -0.25) is 9.59 Å². The van der Waals surface area contributed by atoms with Crippen LogP contribution in [0.1, 0.15) is 57.8 Å². The summed E-state index contributed by atoms with van der Waals surface area (Å²) in [7, 11) is 1.31. The van der Waals surface area contributed by atoms with Gasteiger partial charge in [-0.1, -0.05) is 42.5 Å². The first-order valence-corrected chi connectivity index (χ1v) is 14.5. The molecular formula is C32H35N5O6. The third-order valence-corrected chi connectivity index (χ3v) is 7.54. The summed E-state index contributed by atoms with van der Waals surface area (Å²) >= 11 is 0. The number of methoxy groups -OCH3 is 1. The molecule has 0 radical (unpaired) electrons. The van der Waals surface area contributed by atoms with Gasteiger partial charge in [0, 0.05) is 49.8 Å². The van der Waals surface area contributed by atoms with E-state index in [0.29, 0.717) is 43.5 Å². The van der Waals surface area contributed by atoms with Crippen LogP contribution in [-0.2, 0) is 20.7 Å². The van der Waals surface area contributed by atoms with E-state index in [9.17, 15) is 19.2 Å². The van der Waals surface area contributed by atoms with Crippen molar-refractivity contribution in [3.8, 4) is 11.4 Å². The predicted molar refractivity (Wildman–Crippen MR) is 157 cm³/mol. The zero-order chi connectivity index (χ0) is 30.3. The topological polar surface area (TPSA) is 131 Å².